The van der Waals surface area contributed by atoms with Crippen molar-refractivity contribution >= 4 is 5.65 Å². The van der Waals surface area contributed by atoms with E-state index in [2.05, 4.69) is 64.7 Å². The van der Waals surface area contributed by atoms with Crippen molar-refractivity contribution in [3.05, 3.63) is 60.0 Å². The van der Waals surface area contributed by atoms with Gasteiger partial charge in [0.15, 0.2) is 0 Å². The van der Waals surface area contributed by atoms with Gasteiger partial charge < -0.3 is 9.14 Å². The Morgan fingerprint density at radius 2 is 1.83 bits per heavy atom. The zero-order valence-electron chi connectivity index (χ0n) is 14.3. The minimum atomic E-state index is 0.431. The second-order valence-corrected chi connectivity index (χ2v) is 6.52. The van der Waals surface area contributed by atoms with Gasteiger partial charge >= 0.3 is 0 Å². The number of aryl methyl sites for hydroxylation is 1. The molecule has 2 aromatic heterocycles. The lowest BCUT2D eigenvalue weighted by molar-refractivity contribution is 0.0198. The van der Waals surface area contributed by atoms with Crippen LogP contribution in [0.5, 0.6) is 0 Å². The van der Waals surface area contributed by atoms with Gasteiger partial charge in [-0.25, -0.2) is 4.98 Å². The second-order valence-electron chi connectivity index (χ2n) is 6.52. The number of imidazole rings is 1. The Kier molecular flexibility index (Phi) is 4.08. The van der Waals surface area contributed by atoms with Crippen molar-refractivity contribution in [2.24, 2.45) is 0 Å². The van der Waals surface area contributed by atoms with Crippen molar-refractivity contribution in [1.82, 2.24) is 14.3 Å². The molecule has 0 N–H and O–H groups in total. The third-order valence-electron chi connectivity index (χ3n) is 4.99. The lowest BCUT2D eigenvalue weighted by Crippen LogP contribution is -2.37. The third kappa shape index (κ3) is 2.83. The van der Waals surface area contributed by atoms with E-state index < -0.39 is 0 Å². The lowest BCUT2D eigenvalue weighted by Gasteiger charge is -2.32. The first-order valence-corrected chi connectivity index (χ1v) is 8.58. The molecule has 124 valence electrons. The van der Waals surface area contributed by atoms with E-state index in [1.54, 1.807) is 0 Å². The molecule has 1 aliphatic rings. The molecule has 3 aromatic rings. The van der Waals surface area contributed by atoms with Crippen molar-refractivity contribution < 1.29 is 4.74 Å². The Labute approximate surface area is 142 Å². The highest BCUT2D eigenvalue weighted by atomic mass is 16.5. The van der Waals surface area contributed by atoms with Crippen LogP contribution in [-0.4, -0.2) is 40.6 Å². The maximum absolute atomic E-state index is 5.45. The summed E-state index contributed by atoms with van der Waals surface area (Å²) in [4.78, 5) is 6.88. The highest BCUT2D eigenvalue weighted by molar-refractivity contribution is 5.67. The van der Waals surface area contributed by atoms with E-state index in [1.165, 1.54) is 22.3 Å². The van der Waals surface area contributed by atoms with Crippen LogP contribution in [0.15, 0.2) is 48.9 Å². The number of pyridine rings is 1. The molecule has 4 rings (SSSR count). The van der Waals surface area contributed by atoms with E-state index in [4.69, 9.17) is 4.74 Å². The van der Waals surface area contributed by atoms with Crippen molar-refractivity contribution in [1.29, 1.82) is 0 Å². The first-order chi connectivity index (χ1) is 11.7. The molecule has 0 bridgehead atoms. The van der Waals surface area contributed by atoms with Crippen molar-refractivity contribution in [2.75, 3.05) is 26.3 Å². The first kappa shape index (κ1) is 15.4. The zero-order chi connectivity index (χ0) is 16.5. The van der Waals surface area contributed by atoms with E-state index in [9.17, 15) is 0 Å². The molecule has 0 amide bonds. The van der Waals surface area contributed by atoms with Crippen LogP contribution in [0.2, 0.25) is 0 Å². The number of hydrogen-bond donors (Lipinski definition) is 0. The molecule has 1 aliphatic heterocycles. The molecule has 1 saturated heterocycles. The number of morpholine rings is 1. The molecule has 1 atom stereocenters. The predicted octanol–water partition coefficient (Wildman–Crippen LogP) is 3.70. The van der Waals surface area contributed by atoms with Crippen molar-refractivity contribution in [3.63, 3.8) is 0 Å². The molecule has 0 aliphatic carbocycles. The first-order valence-electron chi connectivity index (χ1n) is 8.58. The molecule has 1 aromatic carbocycles. The molecule has 4 nitrogen and oxygen atoms in total. The SMILES string of the molecule is Cc1cc(-c2ccc(C(C)N3CCOCC3)cc2)cn2ccnc12. The molecule has 3 heterocycles. The maximum atomic E-state index is 5.45. The topological polar surface area (TPSA) is 29.8 Å². The number of fused-ring (bicyclic) bond motifs is 1. The fraction of sp³-hybridized carbons (Fsp3) is 0.350. The van der Waals surface area contributed by atoms with E-state index >= 15 is 0 Å². The Morgan fingerprint density at radius 3 is 2.58 bits per heavy atom. The molecule has 1 fully saturated rings. The average Bonchev–Trinajstić information content (AvgIpc) is 3.11. The molecular formula is C20H23N3O. The summed E-state index contributed by atoms with van der Waals surface area (Å²) in [6.07, 6.45) is 6.00. The highest BCUT2D eigenvalue weighted by Gasteiger charge is 2.18. The highest BCUT2D eigenvalue weighted by Crippen LogP contribution is 2.26. The average molecular weight is 321 g/mol. The molecule has 0 spiro atoms. The summed E-state index contributed by atoms with van der Waals surface area (Å²) < 4.78 is 7.55. The normalized spacial score (nSPS) is 17.2. The van der Waals surface area contributed by atoms with Gasteiger partial charge in [0, 0.05) is 37.7 Å². The quantitative estimate of drug-likeness (QED) is 0.737. The monoisotopic (exact) mass is 321 g/mol. The van der Waals surface area contributed by atoms with Gasteiger partial charge in [0.2, 0.25) is 0 Å². The summed E-state index contributed by atoms with van der Waals surface area (Å²) in [6, 6.07) is 11.6. The Hall–Kier alpha value is -2.17. The molecule has 24 heavy (non-hydrogen) atoms. The number of hydrogen-bond acceptors (Lipinski definition) is 3. The number of ether oxygens (including phenoxy) is 1. The van der Waals surface area contributed by atoms with Crippen molar-refractivity contribution in [3.8, 4) is 11.1 Å². The van der Waals surface area contributed by atoms with Crippen LogP contribution in [0.25, 0.3) is 16.8 Å². The molecule has 0 radical (unpaired) electrons. The van der Waals surface area contributed by atoms with Crippen LogP contribution in [-0.2, 0) is 4.74 Å². The summed E-state index contributed by atoms with van der Waals surface area (Å²) in [7, 11) is 0. The van der Waals surface area contributed by atoms with Crippen LogP contribution >= 0.6 is 0 Å². The summed E-state index contributed by atoms with van der Waals surface area (Å²) in [5, 5.41) is 0. The largest absolute Gasteiger partial charge is 0.379 e. The predicted molar refractivity (Wildman–Crippen MR) is 96.2 cm³/mol. The van der Waals surface area contributed by atoms with Gasteiger partial charge in [-0.3, -0.25) is 4.90 Å². The minimum absolute atomic E-state index is 0.431. The Morgan fingerprint density at radius 1 is 1.08 bits per heavy atom. The van der Waals surface area contributed by atoms with Gasteiger partial charge in [0.05, 0.1) is 13.2 Å². The summed E-state index contributed by atoms with van der Waals surface area (Å²) >= 11 is 0. The standard InChI is InChI=1S/C20H23N3O/c1-15-13-19(14-23-8-7-21-20(15)23)18-5-3-17(4-6-18)16(2)22-9-11-24-12-10-22/h3-8,13-14,16H,9-12H2,1-2H3. The molecule has 1 unspecified atom stereocenters. The smallest absolute Gasteiger partial charge is 0.139 e. The van der Waals surface area contributed by atoms with E-state index in [-0.39, 0.29) is 0 Å². The molecular weight excluding hydrogens is 298 g/mol. The number of nitrogens with zero attached hydrogens (tertiary/aromatic N) is 3. The van der Waals surface area contributed by atoms with Gasteiger partial charge in [-0.2, -0.15) is 0 Å². The fourth-order valence-corrected chi connectivity index (χ4v) is 3.50. The summed E-state index contributed by atoms with van der Waals surface area (Å²) in [6.45, 7) is 8.10. The lowest BCUT2D eigenvalue weighted by atomic mass is 10.0. The van der Waals surface area contributed by atoms with Crippen LogP contribution in [0, 0.1) is 6.92 Å². The van der Waals surface area contributed by atoms with Gasteiger partial charge in [0.25, 0.3) is 0 Å². The van der Waals surface area contributed by atoms with Crippen LogP contribution in [0.3, 0.4) is 0 Å². The van der Waals surface area contributed by atoms with Gasteiger partial charge in [-0.15, -0.1) is 0 Å². The van der Waals surface area contributed by atoms with Gasteiger partial charge in [0.1, 0.15) is 5.65 Å². The van der Waals surface area contributed by atoms with E-state index in [0.717, 1.165) is 32.0 Å². The van der Waals surface area contributed by atoms with Crippen LogP contribution in [0.1, 0.15) is 24.1 Å². The third-order valence-corrected chi connectivity index (χ3v) is 4.99. The van der Waals surface area contributed by atoms with Crippen LogP contribution < -0.4 is 0 Å². The Balaban J connectivity index is 1.60. The van der Waals surface area contributed by atoms with Crippen molar-refractivity contribution in [2.45, 2.75) is 19.9 Å². The number of benzene rings is 1. The molecule has 0 saturated carbocycles. The van der Waals surface area contributed by atoms with E-state index in [0.29, 0.717) is 6.04 Å². The number of aromatic nitrogens is 2. The minimum Gasteiger partial charge on any atom is -0.379 e. The van der Waals surface area contributed by atoms with E-state index in [1.807, 2.05) is 12.4 Å². The Bertz CT molecular complexity index is 832. The maximum Gasteiger partial charge on any atom is 0.139 e. The van der Waals surface area contributed by atoms with Gasteiger partial charge in [-0.1, -0.05) is 24.3 Å². The van der Waals surface area contributed by atoms with Gasteiger partial charge in [-0.05, 0) is 42.2 Å². The second kappa shape index (κ2) is 6.38. The zero-order valence-corrected chi connectivity index (χ0v) is 14.3. The fourth-order valence-electron chi connectivity index (χ4n) is 3.50. The summed E-state index contributed by atoms with van der Waals surface area (Å²) in [5.41, 5.74) is 6.05. The summed E-state index contributed by atoms with van der Waals surface area (Å²) in [5.74, 6) is 0. The molecule has 4 heteroatoms. The van der Waals surface area contributed by atoms with Crippen LogP contribution in [0.4, 0.5) is 0 Å². The number of rotatable bonds is 3.